The Bertz CT molecular complexity index is 1020. The van der Waals surface area contributed by atoms with E-state index in [1.807, 2.05) is 13.8 Å². The number of pyridine rings is 1. The molecule has 3 aromatic rings. The van der Waals surface area contributed by atoms with Gasteiger partial charge in [-0.15, -0.1) is 0 Å². The van der Waals surface area contributed by atoms with Gasteiger partial charge in [-0.2, -0.15) is 0 Å². The van der Waals surface area contributed by atoms with Gasteiger partial charge >= 0.3 is 5.97 Å². The number of rotatable bonds is 4. The number of aromatic nitrogens is 1. The third-order valence-corrected chi connectivity index (χ3v) is 4.00. The number of aliphatic carboxylic acids is 1. The lowest BCUT2D eigenvalue weighted by Crippen LogP contribution is -2.10. The maximum absolute atomic E-state index is 13.6. The summed E-state index contributed by atoms with van der Waals surface area (Å²) >= 11 is 0. The fourth-order valence-electron chi connectivity index (χ4n) is 3.02. The summed E-state index contributed by atoms with van der Waals surface area (Å²) in [6.07, 6.45) is 1.61. The first-order valence-corrected chi connectivity index (χ1v) is 7.64. The number of carbonyl (C=O) groups is 1. The van der Waals surface area contributed by atoms with Crippen LogP contribution in [0, 0.1) is 19.7 Å². The average Bonchev–Trinajstić information content (AvgIpc) is 2.54. The highest BCUT2D eigenvalue weighted by Crippen LogP contribution is 2.33. The zero-order chi connectivity index (χ0) is 18.1. The summed E-state index contributed by atoms with van der Waals surface area (Å²) in [4.78, 5) is 25.5. The molecule has 0 saturated heterocycles. The van der Waals surface area contributed by atoms with Gasteiger partial charge in [0.15, 0.2) is 6.61 Å². The van der Waals surface area contributed by atoms with Crippen LogP contribution in [-0.4, -0.2) is 22.7 Å². The van der Waals surface area contributed by atoms with Crippen molar-refractivity contribution in [2.45, 2.75) is 13.8 Å². The van der Waals surface area contributed by atoms with Gasteiger partial charge in [-0.3, -0.25) is 4.79 Å². The Balaban J connectivity index is 2.20. The van der Waals surface area contributed by atoms with Crippen LogP contribution in [0.5, 0.6) is 5.75 Å². The number of aryl methyl sites for hydroxylation is 2. The van der Waals surface area contributed by atoms with Gasteiger partial charge in [-0.25, -0.2) is 9.18 Å². The number of carboxylic acids is 1. The van der Waals surface area contributed by atoms with Crippen LogP contribution in [0.4, 0.5) is 4.39 Å². The summed E-state index contributed by atoms with van der Waals surface area (Å²) in [5.74, 6) is -1.11. The van der Waals surface area contributed by atoms with Crippen molar-refractivity contribution in [3.63, 3.8) is 0 Å². The molecule has 0 amide bonds. The highest BCUT2D eigenvalue weighted by atomic mass is 19.1. The average molecular weight is 341 g/mol. The number of ether oxygens (including phenoxy) is 1. The van der Waals surface area contributed by atoms with Crippen LogP contribution in [-0.2, 0) is 4.79 Å². The Labute approximate surface area is 142 Å². The number of aromatic amines is 1. The van der Waals surface area contributed by atoms with Crippen LogP contribution in [0.15, 0.2) is 41.3 Å². The number of fused-ring (bicyclic) bond motifs is 1. The lowest BCUT2D eigenvalue weighted by atomic mass is 9.93. The van der Waals surface area contributed by atoms with E-state index in [9.17, 15) is 14.0 Å². The van der Waals surface area contributed by atoms with Gasteiger partial charge in [0.1, 0.15) is 11.6 Å². The molecule has 25 heavy (non-hydrogen) atoms. The predicted octanol–water partition coefficient (Wildman–Crippen LogP) is 3.41. The molecule has 0 atom stereocenters. The molecule has 1 aromatic heterocycles. The van der Waals surface area contributed by atoms with E-state index in [4.69, 9.17) is 9.84 Å². The topological polar surface area (TPSA) is 79.4 Å². The molecular weight excluding hydrogens is 325 g/mol. The highest BCUT2D eigenvalue weighted by molar-refractivity contribution is 5.97. The molecule has 6 heteroatoms. The van der Waals surface area contributed by atoms with Crippen molar-refractivity contribution in [2.75, 3.05) is 6.61 Å². The lowest BCUT2D eigenvalue weighted by molar-refractivity contribution is -0.139. The number of H-pyrrole nitrogens is 1. The van der Waals surface area contributed by atoms with E-state index in [-0.39, 0.29) is 11.4 Å². The number of benzene rings is 2. The quantitative estimate of drug-likeness (QED) is 0.762. The fourth-order valence-corrected chi connectivity index (χ4v) is 3.02. The van der Waals surface area contributed by atoms with Crippen molar-refractivity contribution in [2.24, 2.45) is 0 Å². The van der Waals surface area contributed by atoms with Gasteiger partial charge in [0.05, 0.1) is 5.39 Å². The van der Waals surface area contributed by atoms with Crippen LogP contribution in [0.3, 0.4) is 0 Å². The van der Waals surface area contributed by atoms with E-state index in [0.717, 1.165) is 22.3 Å². The Morgan fingerprint density at radius 2 is 1.84 bits per heavy atom. The molecule has 0 saturated carbocycles. The van der Waals surface area contributed by atoms with Crippen molar-refractivity contribution in [1.29, 1.82) is 0 Å². The summed E-state index contributed by atoms with van der Waals surface area (Å²) < 4.78 is 18.7. The lowest BCUT2D eigenvalue weighted by Gasteiger charge is -2.13. The van der Waals surface area contributed by atoms with Crippen molar-refractivity contribution >= 4 is 16.7 Å². The summed E-state index contributed by atoms with van der Waals surface area (Å²) in [7, 11) is 0. The second-order valence-corrected chi connectivity index (χ2v) is 5.84. The maximum Gasteiger partial charge on any atom is 0.341 e. The number of hydrogen-bond donors (Lipinski definition) is 2. The smallest absolute Gasteiger partial charge is 0.341 e. The van der Waals surface area contributed by atoms with Gasteiger partial charge in [0.25, 0.3) is 5.56 Å². The van der Waals surface area contributed by atoms with E-state index in [1.165, 1.54) is 18.2 Å². The number of carboxylic acid groups (broad SMARTS) is 1. The van der Waals surface area contributed by atoms with Crippen LogP contribution in [0.25, 0.3) is 21.9 Å². The Kier molecular flexibility index (Phi) is 4.27. The Morgan fingerprint density at radius 1 is 1.16 bits per heavy atom. The Hall–Kier alpha value is -3.15. The van der Waals surface area contributed by atoms with E-state index in [2.05, 4.69) is 4.98 Å². The minimum Gasteiger partial charge on any atom is -0.482 e. The minimum absolute atomic E-state index is 0.296. The number of hydrogen-bond acceptors (Lipinski definition) is 3. The second-order valence-electron chi connectivity index (χ2n) is 5.84. The maximum atomic E-state index is 13.6. The summed E-state index contributed by atoms with van der Waals surface area (Å²) in [6, 6.07) is 7.73. The molecule has 128 valence electrons. The van der Waals surface area contributed by atoms with Crippen LogP contribution in [0.2, 0.25) is 0 Å². The van der Waals surface area contributed by atoms with Crippen molar-refractivity contribution < 1.29 is 19.0 Å². The molecule has 0 aliphatic rings. The second kappa shape index (κ2) is 6.39. The largest absolute Gasteiger partial charge is 0.482 e. The van der Waals surface area contributed by atoms with E-state index >= 15 is 0 Å². The van der Waals surface area contributed by atoms with Crippen LogP contribution >= 0.6 is 0 Å². The minimum atomic E-state index is -1.10. The van der Waals surface area contributed by atoms with Crippen molar-refractivity contribution in [3.05, 3.63) is 63.8 Å². The standard InChI is InChI=1S/C19H16FNO4/c1-10-5-12(20)6-11(2)18(10)16-8-21-19(24)15-7-13(3-4-14(15)16)25-9-17(22)23/h3-8H,9H2,1-2H3,(H,21,24)(H,22,23). The Morgan fingerprint density at radius 3 is 2.48 bits per heavy atom. The first kappa shape index (κ1) is 16.7. The molecular formula is C19H16FNO4. The normalized spacial score (nSPS) is 10.8. The molecule has 5 nitrogen and oxygen atoms in total. The number of nitrogens with one attached hydrogen (secondary N) is 1. The van der Waals surface area contributed by atoms with Gasteiger partial charge < -0.3 is 14.8 Å². The van der Waals surface area contributed by atoms with Crippen molar-refractivity contribution in [1.82, 2.24) is 4.98 Å². The predicted molar refractivity (Wildman–Crippen MR) is 92.6 cm³/mol. The third-order valence-electron chi connectivity index (χ3n) is 4.00. The highest BCUT2D eigenvalue weighted by Gasteiger charge is 2.13. The molecule has 2 aromatic carbocycles. The van der Waals surface area contributed by atoms with Gasteiger partial charge in [-0.1, -0.05) is 0 Å². The van der Waals surface area contributed by atoms with Gasteiger partial charge in [0, 0.05) is 11.8 Å². The monoisotopic (exact) mass is 341 g/mol. The first-order chi connectivity index (χ1) is 11.9. The first-order valence-electron chi connectivity index (χ1n) is 7.64. The van der Waals surface area contributed by atoms with Crippen LogP contribution < -0.4 is 10.3 Å². The van der Waals surface area contributed by atoms with Gasteiger partial charge in [0.2, 0.25) is 0 Å². The summed E-state index contributed by atoms with van der Waals surface area (Å²) in [6.45, 7) is 3.14. The molecule has 0 aliphatic carbocycles. The molecule has 0 radical (unpaired) electrons. The molecule has 0 spiro atoms. The molecule has 1 heterocycles. The SMILES string of the molecule is Cc1cc(F)cc(C)c1-c1c[nH]c(=O)c2cc(OCC(=O)O)ccc12. The molecule has 2 N–H and O–H groups in total. The zero-order valence-electron chi connectivity index (χ0n) is 13.7. The van der Waals surface area contributed by atoms with E-state index in [0.29, 0.717) is 16.5 Å². The van der Waals surface area contributed by atoms with Crippen LogP contribution in [0.1, 0.15) is 11.1 Å². The molecule has 3 rings (SSSR count). The molecule has 0 aliphatic heterocycles. The van der Waals surface area contributed by atoms with Gasteiger partial charge in [-0.05, 0) is 66.3 Å². The van der Waals surface area contributed by atoms with E-state index < -0.39 is 12.6 Å². The summed E-state index contributed by atoms with van der Waals surface area (Å²) in [5, 5.41) is 9.76. The van der Waals surface area contributed by atoms with Crippen molar-refractivity contribution in [3.8, 4) is 16.9 Å². The molecule has 0 unspecified atom stereocenters. The zero-order valence-corrected chi connectivity index (χ0v) is 13.7. The fraction of sp³-hybridized carbons (Fsp3) is 0.158. The summed E-state index contributed by atoms with van der Waals surface area (Å²) in [5.41, 5.74) is 2.84. The third kappa shape index (κ3) is 3.24. The molecule has 0 bridgehead atoms. The van der Waals surface area contributed by atoms with E-state index in [1.54, 1.807) is 18.3 Å². The number of halogens is 1. The molecule has 0 fully saturated rings.